The third-order valence-corrected chi connectivity index (χ3v) is 5.99. The second kappa shape index (κ2) is 9.00. The summed E-state index contributed by atoms with van der Waals surface area (Å²) in [6.07, 6.45) is 9.20. The average molecular weight is 427 g/mol. The lowest BCUT2D eigenvalue weighted by Gasteiger charge is -2.30. The van der Waals surface area contributed by atoms with Gasteiger partial charge in [0.05, 0.1) is 5.52 Å². The summed E-state index contributed by atoms with van der Waals surface area (Å²) in [5.41, 5.74) is 2.26. The van der Waals surface area contributed by atoms with Crippen molar-refractivity contribution in [3.05, 3.63) is 65.5 Å². The van der Waals surface area contributed by atoms with Crippen molar-refractivity contribution in [2.24, 2.45) is 0 Å². The molecule has 1 fully saturated rings. The van der Waals surface area contributed by atoms with Crippen LogP contribution in [0.3, 0.4) is 0 Å². The summed E-state index contributed by atoms with van der Waals surface area (Å²) in [5.74, 6) is 4.28. The van der Waals surface area contributed by atoms with E-state index in [0.717, 1.165) is 53.8 Å². The van der Waals surface area contributed by atoms with Gasteiger partial charge in [0.25, 0.3) is 5.91 Å². The number of nitrogens with zero attached hydrogens (tertiary/aromatic N) is 2. The molecular formula is C27H30N4O. The van der Waals surface area contributed by atoms with Gasteiger partial charge in [-0.25, -0.2) is 9.97 Å². The number of benzene rings is 2. The Morgan fingerprint density at radius 1 is 0.969 bits per heavy atom. The molecule has 1 amide bonds. The number of amides is 1. The molecule has 1 heterocycles. The maximum atomic E-state index is 12.6. The first kappa shape index (κ1) is 21.8. The molecule has 2 aromatic carbocycles. The van der Waals surface area contributed by atoms with Crippen LogP contribution in [0.25, 0.3) is 10.9 Å². The minimum Gasteiger partial charge on any atom is -0.367 e. The highest BCUT2D eigenvalue weighted by molar-refractivity contribution is 5.94. The largest absolute Gasteiger partial charge is 0.367 e. The second-order valence-electron chi connectivity index (χ2n) is 9.55. The van der Waals surface area contributed by atoms with Gasteiger partial charge in [-0.3, -0.25) is 4.79 Å². The number of nitrogens with one attached hydrogen (secondary N) is 2. The molecule has 1 saturated carbocycles. The van der Waals surface area contributed by atoms with Crippen LogP contribution in [0.5, 0.6) is 0 Å². The lowest BCUT2D eigenvalue weighted by Crippen LogP contribution is -2.40. The fourth-order valence-electron chi connectivity index (χ4n) is 4.08. The van der Waals surface area contributed by atoms with Crippen molar-refractivity contribution >= 4 is 22.6 Å². The smallest absolute Gasteiger partial charge is 0.251 e. The number of anilines is 1. The van der Waals surface area contributed by atoms with Gasteiger partial charge in [-0.15, -0.1) is 6.42 Å². The monoisotopic (exact) mass is 426 g/mol. The quantitative estimate of drug-likeness (QED) is 0.572. The SMILES string of the molecule is C#Cc1ccc(C(=O)NC2CCC(Nc3nc(C(C)(C)C)nc4ccccc34)CC2)cc1. The molecule has 164 valence electrons. The predicted molar refractivity (Wildman–Crippen MR) is 130 cm³/mol. The fourth-order valence-corrected chi connectivity index (χ4v) is 4.08. The van der Waals surface area contributed by atoms with Crippen molar-refractivity contribution in [2.75, 3.05) is 5.32 Å². The summed E-state index contributed by atoms with van der Waals surface area (Å²) in [6.45, 7) is 6.40. The van der Waals surface area contributed by atoms with Crippen LogP contribution in [0.4, 0.5) is 5.82 Å². The zero-order valence-corrected chi connectivity index (χ0v) is 19.0. The molecule has 4 rings (SSSR count). The molecule has 0 bridgehead atoms. The Labute approximate surface area is 190 Å². The molecule has 5 nitrogen and oxygen atoms in total. The van der Waals surface area contributed by atoms with Gasteiger partial charge in [0.2, 0.25) is 0 Å². The highest BCUT2D eigenvalue weighted by Gasteiger charge is 2.25. The Morgan fingerprint density at radius 3 is 2.28 bits per heavy atom. The van der Waals surface area contributed by atoms with Crippen molar-refractivity contribution in [1.82, 2.24) is 15.3 Å². The van der Waals surface area contributed by atoms with E-state index in [0.29, 0.717) is 11.6 Å². The number of rotatable bonds is 4. The molecule has 1 aliphatic carbocycles. The van der Waals surface area contributed by atoms with Crippen LogP contribution in [0, 0.1) is 12.3 Å². The summed E-state index contributed by atoms with van der Waals surface area (Å²) < 4.78 is 0. The Hall–Kier alpha value is -3.39. The molecule has 0 unspecified atom stereocenters. The molecule has 0 radical (unpaired) electrons. The molecule has 0 saturated heterocycles. The van der Waals surface area contributed by atoms with Crippen LogP contribution >= 0.6 is 0 Å². The number of fused-ring (bicyclic) bond motifs is 1. The van der Waals surface area contributed by atoms with Gasteiger partial charge in [0.1, 0.15) is 11.6 Å². The number of carbonyl (C=O) groups is 1. The van der Waals surface area contributed by atoms with Crippen molar-refractivity contribution < 1.29 is 4.79 Å². The molecular weight excluding hydrogens is 396 g/mol. The lowest BCUT2D eigenvalue weighted by molar-refractivity contribution is 0.0926. The molecule has 32 heavy (non-hydrogen) atoms. The van der Waals surface area contributed by atoms with Gasteiger partial charge in [0.15, 0.2) is 0 Å². The first-order chi connectivity index (χ1) is 15.3. The molecule has 0 aliphatic heterocycles. The average Bonchev–Trinajstić information content (AvgIpc) is 2.79. The molecule has 3 aromatic rings. The van der Waals surface area contributed by atoms with Crippen LogP contribution in [-0.4, -0.2) is 28.0 Å². The minimum absolute atomic E-state index is 0.0402. The van der Waals surface area contributed by atoms with E-state index >= 15 is 0 Å². The van der Waals surface area contributed by atoms with Crippen LogP contribution in [0.15, 0.2) is 48.5 Å². The zero-order chi connectivity index (χ0) is 22.7. The van der Waals surface area contributed by atoms with E-state index in [1.807, 2.05) is 18.2 Å². The molecule has 5 heteroatoms. The highest BCUT2D eigenvalue weighted by Crippen LogP contribution is 2.29. The zero-order valence-electron chi connectivity index (χ0n) is 19.0. The van der Waals surface area contributed by atoms with Gasteiger partial charge in [-0.2, -0.15) is 0 Å². The summed E-state index contributed by atoms with van der Waals surface area (Å²) in [6, 6.07) is 15.8. The first-order valence-corrected chi connectivity index (χ1v) is 11.2. The molecule has 1 aromatic heterocycles. The van der Waals surface area contributed by atoms with Crippen molar-refractivity contribution in [3.63, 3.8) is 0 Å². The van der Waals surface area contributed by atoms with E-state index in [4.69, 9.17) is 16.4 Å². The molecule has 0 spiro atoms. The van der Waals surface area contributed by atoms with Gasteiger partial charge >= 0.3 is 0 Å². The van der Waals surface area contributed by atoms with Gasteiger partial charge < -0.3 is 10.6 Å². The lowest BCUT2D eigenvalue weighted by atomic mass is 9.90. The minimum atomic E-state index is -0.124. The Morgan fingerprint density at radius 2 is 1.62 bits per heavy atom. The topological polar surface area (TPSA) is 66.9 Å². The third-order valence-electron chi connectivity index (χ3n) is 5.99. The van der Waals surface area contributed by atoms with E-state index < -0.39 is 0 Å². The summed E-state index contributed by atoms with van der Waals surface area (Å²) >= 11 is 0. The second-order valence-corrected chi connectivity index (χ2v) is 9.55. The Balaban J connectivity index is 1.40. The number of para-hydroxylation sites is 1. The number of aromatic nitrogens is 2. The predicted octanol–water partition coefficient (Wildman–Crippen LogP) is 5.06. The van der Waals surface area contributed by atoms with E-state index in [1.54, 1.807) is 24.3 Å². The maximum absolute atomic E-state index is 12.6. The summed E-state index contributed by atoms with van der Waals surface area (Å²) in [5, 5.41) is 7.89. The first-order valence-electron chi connectivity index (χ1n) is 11.2. The highest BCUT2D eigenvalue weighted by atomic mass is 16.1. The molecule has 0 atom stereocenters. The number of hydrogen-bond donors (Lipinski definition) is 2. The normalized spacial score (nSPS) is 18.7. The third kappa shape index (κ3) is 4.91. The van der Waals surface area contributed by atoms with E-state index in [1.165, 1.54) is 0 Å². The number of terminal acetylenes is 1. The fraction of sp³-hybridized carbons (Fsp3) is 0.370. The van der Waals surface area contributed by atoms with Crippen molar-refractivity contribution in [1.29, 1.82) is 0 Å². The van der Waals surface area contributed by atoms with Crippen molar-refractivity contribution in [2.45, 2.75) is 64.0 Å². The summed E-state index contributed by atoms with van der Waals surface area (Å²) in [4.78, 5) is 22.2. The van der Waals surface area contributed by atoms with Gasteiger partial charge in [-0.1, -0.05) is 38.8 Å². The maximum Gasteiger partial charge on any atom is 0.251 e. The Kier molecular flexibility index (Phi) is 6.14. The van der Waals surface area contributed by atoms with E-state index in [2.05, 4.69) is 43.4 Å². The number of carbonyl (C=O) groups excluding carboxylic acids is 1. The molecule has 1 aliphatic rings. The van der Waals surface area contributed by atoms with Crippen LogP contribution in [-0.2, 0) is 5.41 Å². The van der Waals surface area contributed by atoms with Crippen molar-refractivity contribution in [3.8, 4) is 12.3 Å². The van der Waals surface area contributed by atoms with Crippen LogP contribution in [0.1, 0.15) is 68.2 Å². The molecule has 2 N–H and O–H groups in total. The van der Waals surface area contributed by atoms with Gasteiger partial charge in [-0.05, 0) is 62.1 Å². The van der Waals surface area contributed by atoms with Crippen LogP contribution < -0.4 is 10.6 Å². The van der Waals surface area contributed by atoms with Crippen LogP contribution in [0.2, 0.25) is 0 Å². The summed E-state index contributed by atoms with van der Waals surface area (Å²) in [7, 11) is 0. The standard InChI is InChI=1S/C27H30N4O/c1-5-18-10-12-19(13-11-18)25(32)29-21-16-14-20(15-17-21)28-24-22-8-6-7-9-23(22)30-26(31-24)27(2,3)4/h1,6-13,20-21H,14-17H2,2-4H3,(H,29,32)(H,28,30,31). The van der Waals surface area contributed by atoms with E-state index in [-0.39, 0.29) is 17.4 Å². The Bertz CT molecular complexity index is 1150. The number of hydrogen-bond acceptors (Lipinski definition) is 4. The van der Waals surface area contributed by atoms with Gasteiger partial charge in [0, 0.05) is 34.0 Å². The van der Waals surface area contributed by atoms with E-state index in [9.17, 15) is 4.79 Å².